The molecule has 7 fully saturated rings. The Hall–Kier alpha value is -1.74. The first kappa shape index (κ1) is 35.7. The Morgan fingerprint density at radius 2 is 1.59 bits per heavy atom. The molecule has 3 heterocycles. The van der Waals surface area contributed by atoms with Gasteiger partial charge in [0.05, 0.1) is 31.5 Å². The SMILES string of the molecule is COc1ccc(C(=O)O[C@H]2CC[C@@]3(C)[C@@H]4CC[C@H]5[C@]6(O)C[C@H](O)[C@@]7(O)[C@@H](CN8C[C@@H](C)CC[C@H]8[C@@]7(C)O)[C@]6(O)C[C@@]53O[C@]24O)cc1OC.Cl. The summed E-state index contributed by atoms with van der Waals surface area (Å²) in [5, 5.41) is 74.7. The summed E-state index contributed by atoms with van der Waals surface area (Å²) < 4.78 is 23.5. The van der Waals surface area contributed by atoms with Gasteiger partial charge in [-0.25, -0.2) is 4.79 Å². The van der Waals surface area contributed by atoms with Crippen LogP contribution in [0.25, 0.3) is 0 Å². The van der Waals surface area contributed by atoms with Crippen LogP contribution in [0.3, 0.4) is 0 Å². The van der Waals surface area contributed by atoms with Gasteiger partial charge in [0.2, 0.25) is 5.79 Å². The van der Waals surface area contributed by atoms with Crippen molar-refractivity contribution in [1.29, 1.82) is 0 Å². The number of hydrogen-bond acceptors (Lipinski definition) is 12. The van der Waals surface area contributed by atoms with Gasteiger partial charge in [-0.15, -0.1) is 12.4 Å². The topological polar surface area (TPSA) is 179 Å². The van der Waals surface area contributed by atoms with Crippen molar-refractivity contribution in [2.45, 2.75) is 124 Å². The summed E-state index contributed by atoms with van der Waals surface area (Å²) in [7, 11) is 2.97. The highest BCUT2D eigenvalue weighted by molar-refractivity contribution is 5.90. The average molecular weight is 710 g/mol. The second kappa shape index (κ2) is 10.9. The van der Waals surface area contributed by atoms with Crippen LogP contribution in [-0.4, -0.2) is 121 Å². The van der Waals surface area contributed by atoms with E-state index in [0.717, 1.165) is 6.42 Å². The molecule has 1 aromatic carbocycles. The van der Waals surface area contributed by atoms with Crippen molar-refractivity contribution in [3.63, 3.8) is 0 Å². The van der Waals surface area contributed by atoms with Crippen LogP contribution in [0, 0.1) is 29.1 Å². The predicted octanol–water partition coefficient (Wildman–Crippen LogP) is 1.78. The first-order valence-electron chi connectivity index (χ1n) is 17.6. The zero-order chi connectivity index (χ0) is 34.4. The molecule has 274 valence electrons. The Kier molecular flexibility index (Phi) is 7.93. The Morgan fingerprint density at radius 1 is 0.898 bits per heavy atom. The fourth-order valence-corrected chi connectivity index (χ4v) is 12.6. The molecule has 13 heteroatoms. The van der Waals surface area contributed by atoms with Crippen LogP contribution >= 0.6 is 12.4 Å². The molecule has 0 radical (unpaired) electrons. The lowest BCUT2D eigenvalue weighted by Gasteiger charge is -2.68. The van der Waals surface area contributed by atoms with Gasteiger partial charge in [0.15, 0.2) is 17.6 Å². The monoisotopic (exact) mass is 709 g/mol. The van der Waals surface area contributed by atoms with E-state index in [2.05, 4.69) is 11.8 Å². The molecule has 3 aliphatic heterocycles. The largest absolute Gasteiger partial charge is 0.493 e. The molecule has 0 aromatic heterocycles. The Labute approximate surface area is 293 Å². The zero-order valence-corrected chi connectivity index (χ0v) is 29.7. The Balaban J connectivity index is 0.00000378. The number of carbonyl (C=O) groups is 1. The van der Waals surface area contributed by atoms with Crippen molar-refractivity contribution < 1.29 is 54.4 Å². The number of nitrogens with zero attached hydrogens (tertiary/aromatic N) is 1. The van der Waals surface area contributed by atoms with Gasteiger partial charge in [-0.3, -0.25) is 4.90 Å². The van der Waals surface area contributed by atoms with E-state index in [4.69, 9.17) is 18.9 Å². The molecule has 3 saturated heterocycles. The smallest absolute Gasteiger partial charge is 0.338 e. The quantitative estimate of drug-likeness (QED) is 0.250. The minimum atomic E-state index is -2.10. The summed E-state index contributed by atoms with van der Waals surface area (Å²) in [5.41, 5.74) is -9.44. The molecule has 0 unspecified atom stereocenters. The lowest BCUT2D eigenvalue weighted by atomic mass is 9.49. The summed E-state index contributed by atoms with van der Waals surface area (Å²) >= 11 is 0. The molecule has 4 saturated carbocycles. The van der Waals surface area contributed by atoms with E-state index < -0.39 is 81.2 Å². The van der Waals surface area contributed by atoms with Crippen molar-refractivity contribution in [2.75, 3.05) is 27.3 Å². The van der Waals surface area contributed by atoms with Gasteiger partial charge in [-0.2, -0.15) is 0 Å². The molecule has 4 aliphatic carbocycles. The number of methoxy groups -OCH3 is 2. The first-order valence-corrected chi connectivity index (χ1v) is 17.6. The number of hydrogen-bond donors (Lipinski definition) is 6. The minimum Gasteiger partial charge on any atom is -0.493 e. The summed E-state index contributed by atoms with van der Waals surface area (Å²) in [6.45, 7) is 6.57. The van der Waals surface area contributed by atoms with Gasteiger partial charge in [-0.1, -0.05) is 13.8 Å². The highest BCUT2D eigenvalue weighted by Crippen LogP contribution is 2.78. The van der Waals surface area contributed by atoms with Crippen LogP contribution in [0.2, 0.25) is 0 Å². The van der Waals surface area contributed by atoms with Crippen molar-refractivity contribution in [2.24, 2.45) is 29.1 Å². The van der Waals surface area contributed by atoms with Gasteiger partial charge < -0.3 is 49.6 Å². The summed E-state index contributed by atoms with van der Waals surface area (Å²) in [5.74, 6) is -3.63. The van der Waals surface area contributed by atoms with Crippen LogP contribution in [0.4, 0.5) is 0 Å². The average Bonchev–Trinajstić information content (AvgIpc) is 3.21. The molecule has 12 nitrogen and oxygen atoms in total. The second-order valence-electron chi connectivity index (χ2n) is 16.8. The number of aliphatic hydroxyl groups is 6. The zero-order valence-electron chi connectivity index (χ0n) is 28.9. The lowest BCUT2D eigenvalue weighted by molar-refractivity contribution is -0.354. The number of fused-ring (bicyclic) bond motifs is 5. The van der Waals surface area contributed by atoms with Crippen molar-refractivity contribution in [3.05, 3.63) is 23.8 Å². The van der Waals surface area contributed by atoms with E-state index in [1.165, 1.54) is 20.3 Å². The summed E-state index contributed by atoms with van der Waals surface area (Å²) in [6, 6.07) is 4.28. The van der Waals surface area contributed by atoms with E-state index in [-0.39, 0.29) is 37.4 Å². The second-order valence-corrected chi connectivity index (χ2v) is 16.8. The fourth-order valence-electron chi connectivity index (χ4n) is 12.6. The van der Waals surface area contributed by atoms with E-state index >= 15 is 0 Å². The number of benzene rings is 1. The van der Waals surface area contributed by atoms with Gasteiger partial charge in [0.25, 0.3) is 0 Å². The van der Waals surface area contributed by atoms with Crippen LogP contribution in [0.15, 0.2) is 18.2 Å². The number of rotatable bonds is 4. The van der Waals surface area contributed by atoms with Crippen molar-refractivity contribution >= 4 is 18.4 Å². The standard InChI is InChI=1S/C36H51NO11.ClH/c1-19-6-11-26-31(3,40)35(43)25(17-37(26)16-19)33(42)18-34-24(32(33,41)15-27(35)38)10-9-23-30(34,2)13-12-28(36(23,44)48-34)47-29(39)20-7-8-21(45-4)22(14-20)46-5;/h7-8,14,19,23-28,38,40-44H,6,9-13,15-18H2,1-5H3;1H/t19-,23-,24-,25-,26-,27-,28-,30-,31+,32+,33+,34+,35-,36-;/m0./s1. The number of carbonyl (C=O) groups excluding carboxylic acids is 1. The van der Waals surface area contributed by atoms with Gasteiger partial charge >= 0.3 is 5.97 Å². The molecule has 6 N–H and O–H groups in total. The number of esters is 1. The highest BCUT2D eigenvalue weighted by Gasteiger charge is 2.88. The van der Waals surface area contributed by atoms with Crippen LogP contribution in [0.5, 0.6) is 11.5 Å². The van der Waals surface area contributed by atoms with E-state index in [1.807, 2.05) is 6.92 Å². The molecule has 4 bridgehead atoms. The third kappa shape index (κ3) is 4.07. The molecule has 0 amide bonds. The highest BCUT2D eigenvalue weighted by atomic mass is 35.5. The normalized spacial score (nSPS) is 52.5. The maximum absolute atomic E-state index is 13.5. The minimum absolute atomic E-state index is 0. The number of aliphatic hydroxyl groups excluding tert-OH is 1. The van der Waals surface area contributed by atoms with E-state index in [0.29, 0.717) is 56.1 Å². The Morgan fingerprint density at radius 3 is 2.29 bits per heavy atom. The van der Waals surface area contributed by atoms with Crippen molar-refractivity contribution in [1.82, 2.24) is 4.90 Å². The molecular weight excluding hydrogens is 658 g/mol. The number of ether oxygens (including phenoxy) is 4. The first-order chi connectivity index (χ1) is 22.5. The molecule has 8 rings (SSSR count). The van der Waals surface area contributed by atoms with Gasteiger partial charge in [0.1, 0.15) is 22.4 Å². The van der Waals surface area contributed by atoms with E-state index in [9.17, 15) is 35.4 Å². The molecule has 7 aliphatic rings. The number of piperidine rings is 2. The van der Waals surface area contributed by atoms with Crippen LogP contribution < -0.4 is 9.47 Å². The van der Waals surface area contributed by atoms with Gasteiger partial charge in [0, 0.05) is 55.1 Å². The third-order valence-corrected chi connectivity index (χ3v) is 14.9. The molecule has 1 spiro atoms. The summed E-state index contributed by atoms with van der Waals surface area (Å²) in [4.78, 5) is 15.6. The lowest BCUT2D eigenvalue weighted by Crippen LogP contribution is -2.85. The fraction of sp³-hybridized carbons (Fsp3) is 0.806. The molecule has 14 atom stereocenters. The van der Waals surface area contributed by atoms with E-state index in [1.54, 1.807) is 19.1 Å². The Bertz CT molecular complexity index is 1530. The van der Waals surface area contributed by atoms with Crippen LogP contribution in [-0.2, 0) is 9.47 Å². The maximum Gasteiger partial charge on any atom is 0.338 e. The molecule has 49 heavy (non-hydrogen) atoms. The predicted molar refractivity (Wildman–Crippen MR) is 176 cm³/mol. The van der Waals surface area contributed by atoms with Gasteiger partial charge in [-0.05, 0) is 69.6 Å². The summed E-state index contributed by atoms with van der Waals surface area (Å²) in [6.07, 6.45) is 0.172. The molecular formula is C36H52ClNO11. The van der Waals surface area contributed by atoms with Crippen molar-refractivity contribution in [3.8, 4) is 11.5 Å². The van der Waals surface area contributed by atoms with Crippen LogP contribution in [0.1, 0.15) is 82.5 Å². The maximum atomic E-state index is 13.5. The number of halogens is 1. The third-order valence-electron chi connectivity index (χ3n) is 14.9. The molecule has 1 aromatic rings.